The number of benzene rings is 13. The van der Waals surface area contributed by atoms with Gasteiger partial charge in [0.1, 0.15) is 64.4 Å². The lowest BCUT2D eigenvalue weighted by Gasteiger charge is -2.14. The van der Waals surface area contributed by atoms with E-state index in [1.807, 2.05) is 263 Å². The zero-order chi connectivity index (χ0) is 97.7. The SMILES string of the molecule is CN(C)c1cc(/C=C/c2cc(/C=C/c3ccc(O)c(N(C)C)c3)ncn2)ccc1O.COc1cc(/C=C/c2cc(O)cc(/C=C/c3ccc(O)c(OC)c3)c2)ccc1O.COc1ccc(/C=C/c2cc(/C=C/c3ccc(OC)c(O)c3)ncn2)cc1O.Oc1ccc(/C=C/c2cc(O)cc(/C=C/c3ccc(O)cc3)c2)cc1.Oc1cccc(/C=C/c2cc(O)cc(/C=C/c3cccc(O)c3)c2)c1. The molecule has 0 spiro atoms. The van der Waals surface area contributed by atoms with Crippen molar-refractivity contribution >= 4 is 133 Å². The summed E-state index contributed by atoms with van der Waals surface area (Å²) >= 11 is 0. The van der Waals surface area contributed by atoms with Crippen LogP contribution in [-0.2, 0) is 0 Å². The Bertz CT molecular complexity index is 6560. The molecule has 2 aromatic heterocycles. The van der Waals surface area contributed by atoms with Gasteiger partial charge in [-0.25, -0.2) is 19.9 Å². The summed E-state index contributed by atoms with van der Waals surface area (Å²) in [5, 5.41) is 126. The summed E-state index contributed by atoms with van der Waals surface area (Å²) in [6, 6.07) is 78.7. The van der Waals surface area contributed by atoms with Crippen molar-refractivity contribution in [3.63, 3.8) is 0 Å². The van der Waals surface area contributed by atoms with Crippen LogP contribution in [-0.4, -0.2) is 143 Å². The highest BCUT2D eigenvalue weighted by molar-refractivity contribution is 5.82. The molecule has 0 amide bonds. The van der Waals surface area contributed by atoms with Crippen LogP contribution in [0.2, 0.25) is 0 Å². The number of hydrogen-bond acceptors (Lipinski definition) is 23. The number of phenolic OH excluding ortho intramolecular Hbond substituents is 13. The molecule has 0 radical (unpaired) electrons. The number of ether oxygens (including phenoxy) is 4. The van der Waals surface area contributed by atoms with Gasteiger partial charge < -0.3 is 95.1 Å². The smallest absolute Gasteiger partial charge is 0.161 e. The molecule has 0 saturated carbocycles. The van der Waals surface area contributed by atoms with Crippen LogP contribution >= 0.6 is 0 Å². The lowest BCUT2D eigenvalue weighted by Crippen LogP contribution is -2.08. The van der Waals surface area contributed by atoms with Gasteiger partial charge in [-0.15, -0.1) is 0 Å². The average molecular weight is 1830 g/mol. The molecule has 0 aliphatic heterocycles. The van der Waals surface area contributed by atoms with E-state index < -0.39 is 0 Å². The quantitative estimate of drug-likeness (QED) is 0.0224. The minimum absolute atomic E-state index is 0.0821. The lowest BCUT2D eigenvalue weighted by molar-refractivity contribution is 0.373. The van der Waals surface area contributed by atoms with Crippen LogP contribution < -0.4 is 28.7 Å². The maximum absolute atomic E-state index is 10.1. The maximum atomic E-state index is 10.1. The Labute approximate surface area is 795 Å². The first-order valence-electron chi connectivity index (χ1n) is 42.7. The third-order valence-electron chi connectivity index (χ3n) is 20.2. The monoisotopic (exact) mass is 1830 g/mol. The standard InChI is InChI=1S/C24H26N4O2.C24H22O5.C22H20N2O4.2C22H18O3/c1-27(2)21-13-17(7-11-23(21)29)5-9-19-15-20(26-16-25-19)10-6-18-8-12-24(30)22(14-18)28(3)4;1-28-23-14-16(7-9-21(23)26)3-5-18-11-19(13-20(25)12-18)6-4-17-8-10-22(27)24(15-17)29-2;1-27-21-9-5-15(11-19(21)25)3-7-17-13-18(24-14-23-17)8-4-16-6-10-22(28-2)20(26)12-16;23-20-9-5-16(6-10-20)1-3-18-13-19(15-22(25)14-18)4-2-17-7-11-21(24)12-8-17;23-20-5-1-3-16(12-20)7-9-18-11-19(15-22(25)14-18)10-8-17-4-2-6-21(24)13-17/h5-16,29-30H,1-4H3;3-15,25-27H,1-2H3;3-14,25-26H,1-2H3;2*1-15,23-25H/b9-5+,10-6+;5-3+,6-4+;7-3+,8-4+;3-1+,4-2+;9-7+,10-8+. The highest BCUT2D eigenvalue weighted by Gasteiger charge is 2.11. The topological polar surface area (TPSA) is 358 Å². The fraction of sp³-hybridized carbons (Fsp3) is 0.0702. The van der Waals surface area contributed by atoms with E-state index in [4.69, 9.17) is 18.9 Å². The molecule has 15 rings (SSSR count). The van der Waals surface area contributed by atoms with Crippen molar-refractivity contribution in [1.29, 1.82) is 0 Å². The van der Waals surface area contributed by atoms with Crippen LogP contribution in [0.25, 0.3) is 122 Å². The van der Waals surface area contributed by atoms with Gasteiger partial charge in [-0.3, -0.25) is 0 Å². The number of methoxy groups -OCH3 is 4. The third-order valence-corrected chi connectivity index (χ3v) is 20.2. The van der Waals surface area contributed by atoms with Crippen LogP contribution in [0.3, 0.4) is 0 Å². The van der Waals surface area contributed by atoms with E-state index in [2.05, 4.69) is 19.9 Å². The van der Waals surface area contributed by atoms with Gasteiger partial charge in [-0.2, -0.15) is 0 Å². The highest BCUT2D eigenvalue weighted by Crippen LogP contribution is 2.35. The second-order valence-electron chi connectivity index (χ2n) is 31.0. The Morgan fingerprint density at radius 1 is 0.182 bits per heavy atom. The number of phenols is 13. The summed E-state index contributed by atoms with van der Waals surface area (Å²) < 4.78 is 20.3. The van der Waals surface area contributed by atoms with Crippen molar-refractivity contribution in [1.82, 2.24) is 19.9 Å². The van der Waals surface area contributed by atoms with Crippen LogP contribution in [0.4, 0.5) is 11.4 Å². The molecule has 13 N–H and O–H groups in total. The van der Waals surface area contributed by atoms with Gasteiger partial charge in [0.05, 0.1) is 62.6 Å². The number of nitrogens with zero attached hydrogens (tertiary/aromatic N) is 6. The van der Waals surface area contributed by atoms with Gasteiger partial charge in [-0.1, -0.05) is 182 Å². The van der Waals surface area contributed by atoms with Crippen LogP contribution in [0.1, 0.15) is 112 Å². The second-order valence-corrected chi connectivity index (χ2v) is 31.0. The Kier molecular flexibility index (Phi) is 35.9. The van der Waals surface area contributed by atoms with Gasteiger partial charge in [0.25, 0.3) is 0 Å². The molecule has 137 heavy (non-hydrogen) atoms. The molecule has 23 nitrogen and oxygen atoms in total. The highest BCUT2D eigenvalue weighted by atomic mass is 16.5. The number of hydrogen-bond donors (Lipinski definition) is 13. The molecule has 0 aliphatic rings. The van der Waals surface area contributed by atoms with E-state index in [1.54, 1.807) is 170 Å². The summed E-state index contributed by atoms with van der Waals surface area (Å²) in [4.78, 5) is 20.8. The summed E-state index contributed by atoms with van der Waals surface area (Å²) in [7, 11) is 13.6. The Balaban J connectivity index is 0.000000165. The summed E-state index contributed by atoms with van der Waals surface area (Å²) in [6.45, 7) is 0. The molecule has 0 unspecified atom stereocenters. The van der Waals surface area contributed by atoms with Gasteiger partial charge >= 0.3 is 0 Å². The largest absolute Gasteiger partial charge is 0.508 e. The molecule has 0 aliphatic carbocycles. The fourth-order valence-electron chi connectivity index (χ4n) is 13.2. The normalized spacial score (nSPS) is 11.3. The molecule has 692 valence electrons. The molecule has 0 bridgehead atoms. The van der Waals surface area contributed by atoms with Crippen LogP contribution in [0, 0.1) is 0 Å². The number of anilines is 2. The van der Waals surface area contributed by atoms with Crippen molar-refractivity contribution in [2.45, 2.75) is 0 Å². The van der Waals surface area contributed by atoms with E-state index in [0.717, 1.165) is 123 Å². The third kappa shape index (κ3) is 32.0. The molecular weight excluding hydrogens is 1730 g/mol. The summed E-state index contributed by atoms with van der Waals surface area (Å²) in [6.07, 6.45) is 40.7. The zero-order valence-electron chi connectivity index (χ0n) is 76.3. The van der Waals surface area contributed by atoms with Gasteiger partial charge in [0.2, 0.25) is 0 Å². The summed E-state index contributed by atoms with van der Waals surface area (Å²) in [5.41, 5.74) is 18.6. The Morgan fingerprint density at radius 3 is 0.693 bits per heavy atom. The molecule has 0 atom stereocenters. The lowest BCUT2D eigenvalue weighted by atomic mass is 10.1. The summed E-state index contributed by atoms with van der Waals surface area (Å²) in [5.74, 6) is 3.90. The van der Waals surface area contributed by atoms with Crippen molar-refractivity contribution in [2.24, 2.45) is 0 Å². The number of aromatic nitrogens is 4. The first kappa shape index (κ1) is 99.2. The van der Waals surface area contributed by atoms with E-state index in [9.17, 15) is 66.4 Å². The first-order chi connectivity index (χ1) is 66.1. The van der Waals surface area contributed by atoms with Crippen molar-refractivity contribution in [3.8, 4) is 97.7 Å². The van der Waals surface area contributed by atoms with E-state index in [0.29, 0.717) is 23.0 Å². The van der Waals surface area contributed by atoms with Crippen LogP contribution in [0.5, 0.6) is 97.7 Å². The predicted octanol–water partition coefficient (Wildman–Crippen LogP) is 24.1. The first-order valence-corrected chi connectivity index (χ1v) is 42.7. The molecule has 0 fully saturated rings. The van der Waals surface area contributed by atoms with Gasteiger partial charge in [-0.05, 0) is 301 Å². The van der Waals surface area contributed by atoms with Crippen molar-refractivity contribution in [3.05, 3.63) is 397 Å². The van der Waals surface area contributed by atoms with Gasteiger partial charge in [0, 0.05) is 28.2 Å². The minimum Gasteiger partial charge on any atom is -0.508 e. The maximum Gasteiger partial charge on any atom is 0.161 e. The molecule has 2 heterocycles. The zero-order valence-corrected chi connectivity index (χ0v) is 76.3. The molecule has 0 saturated heterocycles. The Hall–Kier alpha value is -18.4. The van der Waals surface area contributed by atoms with E-state index in [1.165, 1.54) is 41.1 Å². The second kappa shape index (κ2) is 49.6. The molecule has 13 aromatic carbocycles. The average Bonchev–Trinajstić information content (AvgIpc) is 0.859. The van der Waals surface area contributed by atoms with Gasteiger partial charge in [0.15, 0.2) is 46.0 Å². The Morgan fingerprint density at radius 2 is 0.416 bits per heavy atom. The van der Waals surface area contributed by atoms with Crippen molar-refractivity contribution in [2.75, 3.05) is 66.4 Å². The molecular formula is C114H104N6O17. The number of rotatable bonds is 26. The molecule has 23 heteroatoms. The van der Waals surface area contributed by atoms with Crippen molar-refractivity contribution < 1.29 is 85.3 Å². The predicted molar refractivity (Wildman–Crippen MR) is 554 cm³/mol. The minimum atomic E-state index is 0.0821. The molecule has 15 aromatic rings. The fourth-order valence-corrected chi connectivity index (χ4v) is 13.2. The number of aromatic hydroxyl groups is 13. The van der Waals surface area contributed by atoms with Crippen LogP contribution in [0.15, 0.2) is 286 Å². The van der Waals surface area contributed by atoms with E-state index in [-0.39, 0.29) is 74.7 Å². The van der Waals surface area contributed by atoms with E-state index >= 15 is 0 Å².